The third-order valence-corrected chi connectivity index (χ3v) is 4.91. The Balaban J connectivity index is 2.30. The Kier molecular flexibility index (Phi) is 3.99. The van der Waals surface area contributed by atoms with E-state index in [1.807, 2.05) is 6.07 Å². The zero-order valence-electron chi connectivity index (χ0n) is 11.4. The molecule has 0 amide bonds. The normalized spacial score (nSPS) is 16.5. The molecule has 4 nitrogen and oxygen atoms in total. The Morgan fingerprint density at radius 2 is 2.05 bits per heavy atom. The maximum atomic E-state index is 11.7. The number of halogens is 1. The third kappa shape index (κ3) is 3.25. The van der Waals surface area contributed by atoms with Gasteiger partial charge in [-0.25, -0.2) is 8.42 Å². The first-order valence-electron chi connectivity index (χ1n) is 6.33. The van der Waals surface area contributed by atoms with Crippen LogP contribution in [0.4, 0.5) is 0 Å². The molecule has 0 spiro atoms. The van der Waals surface area contributed by atoms with E-state index >= 15 is 0 Å². The minimum absolute atomic E-state index is 0.00410. The molecular formula is C14H16ClNO3S. The standard InChI is InChI=1S/C14H16ClNO3S/c1-10-7-11(2)13(12(8-10)20(15,17)18)19-9-14(3-4-14)5-6-16/h7-8H,3-5,9H2,1-2H3. The van der Waals surface area contributed by atoms with E-state index in [9.17, 15) is 8.42 Å². The highest BCUT2D eigenvalue weighted by molar-refractivity contribution is 8.13. The van der Waals surface area contributed by atoms with Gasteiger partial charge in [0.15, 0.2) is 0 Å². The minimum atomic E-state index is -3.86. The van der Waals surface area contributed by atoms with E-state index in [1.165, 1.54) is 6.07 Å². The highest BCUT2D eigenvalue weighted by Gasteiger charge is 2.43. The number of nitrogens with zero attached hydrogens (tertiary/aromatic N) is 1. The topological polar surface area (TPSA) is 67.2 Å². The summed E-state index contributed by atoms with van der Waals surface area (Å²) in [5.74, 6) is 0.301. The molecule has 0 aromatic heterocycles. The van der Waals surface area contributed by atoms with Gasteiger partial charge in [-0.05, 0) is 43.9 Å². The molecule has 6 heteroatoms. The molecule has 1 aromatic rings. The van der Waals surface area contributed by atoms with Crippen molar-refractivity contribution in [3.8, 4) is 11.8 Å². The third-order valence-electron chi connectivity index (χ3n) is 3.58. The van der Waals surface area contributed by atoms with E-state index in [0.717, 1.165) is 24.0 Å². The van der Waals surface area contributed by atoms with Crippen LogP contribution in [0.1, 0.15) is 30.4 Å². The number of aryl methyl sites for hydroxylation is 2. The van der Waals surface area contributed by atoms with E-state index < -0.39 is 9.05 Å². The average molecular weight is 314 g/mol. The monoisotopic (exact) mass is 313 g/mol. The molecule has 1 aromatic carbocycles. The van der Waals surface area contributed by atoms with Crippen LogP contribution in [0.15, 0.2) is 17.0 Å². The molecular weight excluding hydrogens is 298 g/mol. The van der Waals surface area contributed by atoms with Gasteiger partial charge in [0.1, 0.15) is 10.6 Å². The second kappa shape index (κ2) is 5.27. The number of hydrogen-bond acceptors (Lipinski definition) is 4. The molecule has 0 bridgehead atoms. The molecule has 108 valence electrons. The lowest BCUT2D eigenvalue weighted by Crippen LogP contribution is -2.14. The first-order valence-corrected chi connectivity index (χ1v) is 8.64. The summed E-state index contributed by atoms with van der Waals surface area (Å²) in [6.45, 7) is 3.95. The van der Waals surface area contributed by atoms with Gasteiger partial charge in [-0.1, -0.05) is 6.07 Å². The second-order valence-electron chi connectivity index (χ2n) is 5.47. The van der Waals surface area contributed by atoms with Gasteiger partial charge in [0.05, 0.1) is 12.7 Å². The highest BCUT2D eigenvalue weighted by atomic mass is 35.7. The molecule has 1 aliphatic rings. The average Bonchev–Trinajstić information content (AvgIpc) is 3.06. The molecule has 1 fully saturated rings. The molecule has 1 aliphatic carbocycles. The molecule has 0 aliphatic heterocycles. The van der Waals surface area contributed by atoms with Crippen molar-refractivity contribution in [3.05, 3.63) is 23.3 Å². The smallest absolute Gasteiger partial charge is 0.265 e. The van der Waals surface area contributed by atoms with Gasteiger partial charge in [0.2, 0.25) is 0 Å². The SMILES string of the molecule is Cc1cc(C)c(OCC2(CC#N)CC2)c(S(=O)(=O)Cl)c1. The van der Waals surface area contributed by atoms with E-state index in [0.29, 0.717) is 18.8 Å². The van der Waals surface area contributed by atoms with E-state index in [-0.39, 0.29) is 10.3 Å². The zero-order valence-corrected chi connectivity index (χ0v) is 13.0. The van der Waals surface area contributed by atoms with Crippen LogP contribution in [0.3, 0.4) is 0 Å². The van der Waals surface area contributed by atoms with Crippen molar-refractivity contribution in [3.63, 3.8) is 0 Å². The molecule has 20 heavy (non-hydrogen) atoms. The summed E-state index contributed by atoms with van der Waals surface area (Å²) in [4.78, 5) is 0.00410. The van der Waals surface area contributed by atoms with Crippen molar-refractivity contribution in [1.82, 2.24) is 0 Å². The van der Waals surface area contributed by atoms with Gasteiger partial charge in [-0.2, -0.15) is 5.26 Å². The van der Waals surface area contributed by atoms with Gasteiger partial charge in [-0.15, -0.1) is 0 Å². The van der Waals surface area contributed by atoms with E-state index in [1.54, 1.807) is 13.8 Å². The first kappa shape index (κ1) is 15.1. The fourth-order valence-corrected chi connectivity index (χ4v) is 3.34. The quantitative estimate of drug-likeness (QED) is 0.782. The van der Waals surface area contributed by atoms with Crippen molar-refractivity contribution < 1.29 is 13.2 Å². The molecule has 0 heterocycles. The number of ether oxygens (including phenoxy) is 1. The number of benzene rings is 1. The lowest BCUT2D eigenvalue weighted by molar-refractivity contribution is 0.230. The number of hydrogen-bond donors (Lipinski definition) is 0. The van der Waals surface area contributed by atoms with Crippen LogP contribution in [-0.4, -0.2) is 15.0 Å². The van der Waals surface area contributed by atoms with Crippen molar-refractivity contribution >= 4 is 19.7 Å². The van der Waals surface area contributed by atoms with Gasteiger partial charge < -0.3 is 4.74 Å². The minimum Gasteiger partial charge on any atom is -0.491 e. The van der Waals surface area contributed by atoms with Crippen molar-refractivity contribution in [1.29, 1.82) is 5.26 Å². The van der Waals surface area contributed by atoms with Crippen LogP contribution in [0.2, 0.25) is 0 Å². The molecule has 0 unspecified atom stereocenters. The maximum absolute atomic E-state index is 11.7. The van der Waals surface area contributed by atoms with Crippen molar-refractivity contribution in [2.45, 2.75) is 38.0 Å². The molecule has 1 saturated carbocycles. The van der Waals surface area contributed by atoms with Crippen LogP contribution in [0, 0.1) is 30.6 Å². The molecule has 0 saturated heterocycles. The van der Waals surface area contributed by atoms with Crippen LogP contribution >= 0.6 is 10.7 Å². The number of nitriles is 1. The Hall–Kier alpha value is -1.25. The summed E-state index contributed by atoms with van der Waals surface area (Å²) in [5, 5.41) is 8.79. The fraction of sp³-hybridized carbons (Fsp3) is 0.500. The van der Waals surface area contributed by atoms with Crippen LogP contribution in [-0.2, 0) is 9.05 Å². The Bertz CT molecular complexity index is 672. The van der Waals surface area contributed by atoms with E-state index in [2.05, 4.69) is 6.07 Å². The lowest BCUT2D eigenvalue weighted by Gasteiger charge is -2.17. The van der Waals surface area contributed by atoms with Crippen LogP contribution in [0.5, 0.6) is 5.75 Å². The van der Waals surface area contributed by atoms with Crippen LogP contribution < -0.4 is 4.74 Å². The largest absolute Gasteiger partial charge is 0.491 e. The summed E-state index contributed by atoms with van der Waals surface area (Å²) in [6, 6.07) is 5.51. The van der Waals surface area contributed by atoms with Crippen LogP contribution in [0.25, 0.3) is 0 Å². The second-order valence-corrected chi connectivity index (χ2v) is 8.00. The van der Waals surface area contributed by atoms with Crippen molar-refractivity contribution in [2.24, 2.45) is 5.41 Å². The van der Waals surface area contributed by atoms with Gasteiger partial charge in [-0.3, -0.25) is 0 Å². The first-order chi connectivity index (χ1) is 9.27. The Morgan fingerprint density at radius 3 is 2.55 bits per heavy atom. The summed E-state index contributed by atoms with van der Waals surface area (Å²) >= 11 is 0. The van der Waals surface area contributed by atoms with Gasteiger partial charge >= 0.3 is 0 Å². The molecule has 0 atom stereocenters. The maximum Gasteiger partial charge on any atom is 0.265 e. The fourth-order valence-electron chi connectivity index (χ4n) is 2.22. The summed E-state index contributed by atoms with van der Waals surface area (Å²) < 4.78 is 29.0. The van der Waals surface area contributed by atoms with Gasteiger partial charge in [0.25, 0.3) is 9.05 Å². The predicted molar refractivity (Wildman–Crippen MR) is 76.3 cm³/mol. The number of rotatable bonds is 5. The predicted octanol–water partition coefficient (Wildman–Crippen LogP) is 3.30. The summed E-state index contributed by atoms with van der Waals surface area (Å²) in [6.07, 6.45) is 2.31. The Labute approximate surface area is 123 Å². The molecule has 0 N–H and O–H groups in total. The summed E-state index contributed by atoms with van der Waals surface area (Å²) in [5.41, 5.74) is 1.43. The Morgan fingerprint density at radius 1 is 1.40 bits per heavy atom. The zero-order chi connectivity index (χ0) is 15.0. The van der Waals surface area contributed by atoms with E-state index in [4.69, 9.17) is 20.7 Å². The highest BCUT2D eigenvalue weighted by Crippen LogP contribution is 2.49. The molecule has 2 rings (SSSR count). The van der Waals surface area contributed by atoms with Gasteiger partial charge in [0, 0.05) is 22.5 Å². The lowest BCUT2D eigenvalue weighted by atomic mass is 10.1. The van der Waals surface area contributed by atoms with Crippen molar-refractivity contribution in [2.75, 3.05) is 6.61 Å². The molecule has 0 radical (unpaired) electrons. The summed E-state index contributed by atoms with van der Waals surface area (Å²) in [7, 11) is 1.62.